The molecule has 21 heavy (non-hydrogen) atoms. The van der Waals surface area contributed by atoms with Crippen LogP contribution in [-0.2, 0) is 0 Å². The van der Waals surface area contributed by atoms with E-state index in [1.165, 1.54) is 44.9 Å². The van der Waals surface area contributed by atoms with E-state index in [0.717, 1.165) is 18.3 Å². The summed E-state index contributed by atoms with van der Waals surface area (Å²) in [6.07, 6.45) is 8.61. The Kier molecular flexibility index (Phi) is 4.34. The number of nitrogens with zero attached hydrogens (tertiary/aromatic N) is 2. The maximum atomic E-state index is 5.63. The predicted octanol–water partition coefficient (Wildman–Crippen LogP) is 4.00. The maximum absolute atomic E-state index is 5.63. The van der Waals surface area contributed by atoms with E-state index in [4.69, 9.17) is 9.51 Å². The van der Waals surface area contributed by atoms with Gasteiger partial charge in [0.15, 0.2) is 5.82 Å². The number of hydrogen-bond donors (Lipinski definition) is 1. The molecule has 0 saturated heterocycles. The van der Waals surface area contributed by atoms with Gasteiger partial charge in [-0.2, -0.15) is 4.98 Å². The van der Waals surface area contributed by atoms with Crippen LogP contribution in [0.3, 0.4) is 0 Å². The van der Waals surface area contributed by atoms with E-state index in [-0.39, 0.29) is 0 Å². The molecule has 1 aromatic rings. The fraction of sp³-hybridized carbons (Fsp3) is 0.882. The van der Waals surface area contributed by atoms with Gasteiger partial charge in [-0.3, -0.25) is 0 Å². The van der Waals surface area contributed by atoms with Crippen LogP contribution in [-0.4, -0.2) is 22.7 Å². The van der Waals surface area contributed by atoms with E-state index < -0.39 is 0 Å². The van der Waals surface area contributed by atoms with Crippen molar-refractivity contribution >= 4 is 0 Å². The lowest BCUT2D eigenvalue weighted by molar-refractivity contribution is 0.218. The summed E-state index contributed by atoms with van der Waals surface area (Å²) in [6, 6.07) is 0.522. The predicted molar refractivity (Wildman–Crippen MR) is 83.3 cm³/mol. The topological polar surface area (TPSA) is 51.0 Å². The quantitative estimate of drug-likeness (QED) is 0.911. The standard InChI is InChI=1S/C17H29N3O/c1-4-18-14-7-5-6-13(14)16-19-15(20-21-16)12-8-10-17(2,3)11-9-12/h12-14,18H,4-11H2,1-3H3. The van der Waals surface area contributed by atoms with Gasteiger partial charge in [0.05, 0.1) is 5.92 Å². The second kappa shape index (κ2) is 6.07. The number of nitrogens with one attached hydrogen (secondary N) is 1. The third kappa shape index (κ3) is 3.31. The fourth-order valence-corrected chi connectivity index (χ4v) is 3.98. The van der Waals surface area contributed by atoms with E-state index in [1.807, 2.05) is 0 Å². The van der Waals surface area contributed by atoms with Crippen LogP contribution in [0.1, 0.15) is 89.3 Å². The van der Waals surface area contributed by atoms with Crippen molar-refractivity contribution in [3.05, 3.63) is 11.7 Å². The van der Waals surface area contributed by atoms with Crippen LogP contribution >= 0.6 is 0 Å². The molecule has 118 valence electrons. The van der Waals surface area contributed by atoms with Gasteiger partial charge < -0.3 is 9.84 Å². The zero-order chi connectivity index (χ0) is 14.9. The van der Waals surface area contributed by atoms with Crippen molar-refractivity contribution in [2.24, 2.45) is 5.41 Å². The van der Waals surface area contributed by atoms with E-state index in [0.29, 0.717) is 23.3 Å². The van der Waals surface area contributed by atoms with Gasteiger partial charge in [0, 0.05) is 12.0 Å². The summed E-state index contributed by atoms with van der Waals surface area (Å²) < 4.78 is 5.63. The van der Waals surface area contributed by atoms with Gasteiger partial charge in [0.1, 0.15) is 0 Å². The molecule has 2 atom stereocenters. The van der Waals surface area contributed by atoms with Gasteiger partial charge in [-0.1, -0.05) is 32.3 Å². The van der Waals surface area contributed by atoms with Crippen LogP contribution in [0.5, 0.6) is 0 Å². The van der Waals surface area contributed by atoms with E-state index in [1.54, 1.807) is 0 Å². The van der Waals surface area contributed by atoms with Gasteiger partial charge in [-0.05, 0) is 50.5 Å². The highest BCUT2D eigenvalue weighted by atomic mass is 16.5. The minimum absolute atomic E-state index is 0.422. The van der Waals surface area contributed by atoms with Gasteiger partial charge in [-0.15, -0.1) is 0 Å². The Balaban J connectivity index is 1.66. The first-order valence-electron chi connectivity index (χ1n) is 8.66. The normalized spacial score (nSPS) is 29.9. The molecule has 1 aromatic heterocycles. The summed E-state index contributed by atoms with van der Waals surface area (Å²) in [4.78, 5) is 4.78. The van der Waals surface area contributed by atoms with Crippen LogP contribution < -0.4 is 5.32 Å². The summed E-state index contributed by atoms with van der Waals surface area (Å²) >= 11 is 0. The highest BCUT2D eigenvalue weighted by molar-refractivity contribution is 5.06. The summed E-state index contributed by atoms with van der Waals surface area (Å²) in [5.41, 5.74) is 0.491. The monoisotopic (exact) mass is 291 g/mol. The summed E-state index contributed by atoms with van der Waals surface area (Å²) in [5.74, 6) is 2.77. The first kappa shape index (κ1) is 15.0. The van der Waals surface area contributed by atoms with Gasteiger partial charge in [0.2, 0.25) is 5.89 Å². The third-order valence-electron chi connectivity index (χ3n) is 5.46. The molecule has 0 bridgehead atoms. The molecule has 2 aliphatic carbocycles. The highest BCUT2D eigenvalue weighted by Crippen LogP contribution is 2.42. The van der Waals surface area contributed by atoms with Crippen molar-refractivity contribution in [3.8, 4) is 0 Å². The molecule has 0 aliphatic heterocycles. The van der Waals surface area contributed by atoms with Gasteiger partial charge in [0.25, 0.3) is 0 Å². The van der Waals surface area contributed by atoms with E-state index in [2.05, 4.69) is 31.2 Å². The highest BCUT2D eigenvalue weighted by Gasteiger charge is 2.34. The van der Waals surface area contributed by atoms with Crippen molar-refractivity contribution in [2.45, 2.75) is 83.6 Å². The minimum Gasteiger partial charge on any atom is -0.339 e. The van der Waals surface area contributed by atoms with Crippen molar-refractivity contribution < 1.29 is 4.52 Å². The molecule has 4 heteroatoms. The molecule has 2 aliphatic rings. The van der Waals surface area contributed by atoms with Crippen molar-refractivity contribution in [1.82, 2.24) is 15.5 Å². The SMILES string of the molecule is CCNC1CCCC1c1nc(C2CCC(C)(C)CC2)no1. The van der Waals surface area contributed by atoms with Gasteiger partial charge >= 0.3 is 0 Å². The molecule has 0 spiro atoms. The second-order valence-electron chi connectivity index (χ2n) is 7.63. The minimum atomic E-state index is 0.422. The van der Waals surface area contributed by atoms with Crippen LogP contribution in [0, 0.1) is 5.41 Å². The average molecular weight is 291 g/mol. The smallest absolute Gasteiger partial charge is 0.231 e. The zero-order valence-corrected chi connectivity index (χ0v) is 13.7. The van der Waals surface area contributed by atoms with E-state index in [9.17, 15) is 0 Å². The first-order chi connectivity index (χ1) is 10.1. The summed E-state index contributed by atoms with van der Waals surface area (Å²) in [5, 5.41) is 7.88. The Labute approximate surface area is 128 Å². The summed E-state index contributed by atoms with van der Waals surface area (Å²) in [6.45, 7) is 7.91. The maximum Gasteiger partial charge on any atom is 0.231 e. The molecule has 1 N–H and O–H groups in total. The molecular formula is C17H29N3O. The van der Waals surface area contributed by atoms with Gasteiger partial charge in [-0.25, -0.2) is 0 Å². The van der Waals surface area contributed by atoms with Crippen LogP contribution in [0.2, 0.25) is 0 Å². The molecule has 0 amide bonds. The van der Waals surface area contributed by atoms with Crippen molar-refractivity contribution in [3.63, 3.8) is 0 Å². The average Bonchev–Trinajstić information content (AvgIpc) is 3.07. The molecule has 1 heterocycles. The lowest BCUT2D eigenvalue weighted by Crippen LogP contribution is -2.31. The third-order valence-corrected chi connectivity index (χ3v) is 5.46. The second-order valence-corrected chi connectivity index (χ2v) is 7.63. The van der Waals surface area contributed by atoms with Crippen molar-refractivity contribution in [2.75, 3.05) is 6.54 Å². The molecule has 0 aromatic carbocycles. The molecule has 3 rings (SSSR count). The number of likely N-dealkylation sites (N-methyl/N-ethyl adjacent to an activating group) is 1. The molecule has 2 unspecified atom stereocenters. The molecule has 2 fully saturated rings. The number of rotatable bonds is 4. The largest absolute Gasteiger partial charge is 0.339 e. The Morgan fingerprint density at radius 3 is 2.67 bits per heavy atom. The Bertz CT molecular complexity index is 458. The Morgan fingerprint density at radius 2 is 1.95 bits per heavy atom. The lowest BCUT2D eigenvalue weighted by atomic mass is 9.73. The van der Waals surface area contributed by atoms with Crippen LogP contribution in [0.4, 0.5) is 0 Å². The number of aromatic nitrogens is 2. The van der Waals surface area contributed by atoms with Crippen LogP contribution in [0.25, 0.3) is 0 Å². The molecule has 0 radical (unpaired) electrons. The zero-order valence-electron chi connectivity index (χ0n) is 13.7. The summed E-state index contributed by atoms with van der Waals surface area (Å²) in [7, 11) is 0. The number of hydrogen-bond acceptors (Lipinski definition) is 4. The van der Waals surface area contributed by atoms with E-state index >= 15 is 0 Å². The molecular weight excluding hydrogens is 262 g/mol. The molecule has 2 saturated carbocycles. The Hall–Kier alpha value is -0.900. The van der Waals surface area contributed by atoms with Crippen molar-refractivity contribution in [1.29, 1.82) is 0 Å². The van der Waals surface area contributed by atoms with Crippen LogP contribution in [0.15, 0.2) is 4.52 Å². The fourth-order valence-electron chi connectivity index (χ4n) is 3.98. The first-order valence-corrected chi connectivity index (χ1v) is 8.66. The Morgan fingerprint density at radius 1 is 1.19 bits per heavy atom. The molecule has 4 nitrogen and oxygen atoms in total. The lowest BCUT2D eigenvalue weighted by Gasteiger charge is -2.32.